The van der Waals surface area contributed by atoms with Crippen molar-refractivity contribution in [2.24, 2.45) is 5.92 Å². The van der Waals surface area contributed by atoms with Gasteiger partial charge in [0.1, 0.15) is 5.03 Å². The van der Waals surface area contributed by atoms with Gasteiger partial charge in [-0.15, -0.1) is 22.0 Å². The number of thioether (sulfide) groups is 1. The number of benzene rings is 1. The molecule has 0 aliphatic carbocycles. The van der Waals surface area contributed by atoms with Crippen LogP contribution in [0.2, 0.25) is 0 Å². The van der Waals surface area contributed by atoms with E-state index in [2.05, 4.69) is 15.2 Å². The summed E-state index contributed by atoms with van der Waals surface area (Å²) >= 11 is 1.38. The Kier molecular flexibility index (Phi) is 5.38. The van der Waals surface area contributed by atoms with Gasteiger partial charge in [-0.2, -0.15) is 13.2 Å². The van der Waals surface area contributed by atoms with Gasteiger partial charge in [-0.05, 0) is 36.5 Å². The fraction of sp³-hybridized carbons (Fsp3) is 0.471. The number of hydrogen-bond acceptors (Lipinski definition) is 5. The van der Waals surface area contributed by atoms with E-state index in [1.54, 1.807) is 12.1 Å². The Morgan fingerprint density at radius 2 is 2.00 bits per heavy atom. The second kappa shape index (κ2) is 7.40. The number of aliphatic hydroxyl groups excluding tert-OH is 1. The molecule has 0 saturated heterocycles. The largest absolute Gasteiger partial charge is 0.452 e. The summed E-state index contributed by atoms with van der Waals surface area (Å²) in [4.78, 5) is 4.52. The maximum absolute atomic E-state index is 13.4. The number of alkyl halides is 3. The van der Waals surface area contributed by atoms with E-state index < -0.39 is 12.0 Å². The highest BCUT2D eigenvalue weighted by Crippen LogP contribution is 2.33. The maximum atomic E-state index is 13.4. The molecular formula is C17H19F3N4OS. The molecular weight excluding hydrogens is 365 g/mol. The Balaban J connectivity index is 2.23. The zero-order valence-electron chi connectivity index (χ0n) is 14.4. The second-order valence-electron chi connectivity index (χ2n) is 6.45. The van der Waals surface area contributed by atoms with Gasteiger partial charge in [0.2, 0.25) is 5.82 Å². The normalized spacial score (nSPS) is 12.6. The number of nitrogens with zero attached hydrogens (tertiary/aromatic N) is 4. The van der Waals surface area contributed by atoms with Gasteiger partial charge >= 0.3 is 6.18 Å². The number of rotatable bonds is 6. The van der Waals surface area contributed by atoms with E-state index in [4.69, 9.17) is 5.11 Å². The highest BCUT2D eigenvalue weighted by Gasteiger charge is 2.38. The minimum atomic E-state index is -4.62. The first-order valence-electron chi connectivity index (χ1n) is 8.30. The third-order valence-corrected chi connectivity index (χ3v) is 5.17. The molecule has 3 rings (SSSR count). The molecule has 9 heteroatoms. The van der Waals surface area contributed by atoms with Gasteiger partial charge in [0, 0.05) is 12.4 Å². The molecule has 0 radical (unpaired) electrons. The molecule has 0 bridgehead atoms. The van der Waals surface area contributed by atoms with Crippen molar-refractivity contribution < 1.29 is 18.3 Å². The predicted molar refractivity (Wildman–Crippen MR) is 94.3 cm³/mol. The first-order chi connectivity index (χ1) is 12.3. The predicted octanol–water partition coefficient (Wildman–Crippen LogP) is 3.97. The minimum absolute atomic E-state index is 0.0247. The number of aromatic nitrogens is 4. The van der Waals surface area contributed by atoms with Crippen molar-refractivity contribution in [2.45, 2.75) is 37.9 Å². The van der Waals surface area contributed by atoms with Gasteiger partial charge in [0.05, 0.1) is 11.0 Å². The molecule has 0 saturated carbocycles. The third kappa shape index (κ3) is 3.78. The smallest absolute Gasteiger partial charge is 0.396 e. The van der Waals surface area contributed by atoms with Gasteiger partial charge in [-0.1, -0.05) is 19.9 Å². The summed E-state index contributed by atoms with van der Waals surface area (Å²) < 4.78 is 41.4. The summed E-state index contributed by atoms with van der Waals surface area (Å²) in [5.41, 5.74) is 1.73. The maximum Gasteiger partial charge on any atom is 0.452 e. The van der Waals surface area contributed by atoms with Crippen molar-refractivity contribution in [2.75, 3.05) is 12.4 Å². The zero-order valence-corrected chi connectivity index (χ0v) is 15.2. The lowest BCUT2D eigenvalue weighted by Crippen LogP contribution is -2.12. The van der Waals surface area contributed by atoms with Crippen LogP contribution in [0.25, 0.3) is 16.7 Å². The van der Waals surface area contributed by atoms with Gasteiger partial charge in [-0.3, -0.25) is 4.40 Å². The molecule has 140 valence electrons. The van der Waals surface area contributed by atoms with E-state index in [-0.39, 0.29) is 12.3 Å². The average Bonchev–Trinajstić information content (AvgIpc) is 3.03. The Morgan fingerprint density at radius 1 is 1.23 bits per heavy atom. The van der Waals surface area contributed by atoms with E-state index in [1.807, 2.05) is 19.9 Å². The van der Waals surface area contributed by atoms with Crippen molar-refractivity contribution in [1.82, 2.24) is 19.6 Å². The summed E-state index contributed by atoms with van der Waals surface area (Å²) in [5.74, 6) is 0.0331. The highest BCUT2D eigenvalue weighted by molar-refractivity contribution is 7.99. The molecule has 1 aromatic carbocycles. The zero-order chi connectivity index (χ0) is 18.9. The molecule has 0 amide bonds. The van der Waals surface area contributed by atoms with Crippen molar-refractivity contribution >= 4 is 28.4 Å². The molecule has 2 heterocycles. The van der Waals surface area contributed by atoms with E-state index in [0.29, 0.717) is 34.8 Å². The molecule has 3 aromatic rings. The van der Waals surface area contributed by atoms with Crippen LogP contribution in [0.3, 0.4) is 0 Å². The van der Waals surface area contributed by atoms with Gasteiger partial charge in [0.25, 0.3) is 0 Å². The van der Waals surface area contributed by atoms with Crippen LogP contribution in [0, 0.1) is 5.92 Å². The Bertz CT molecular complexity index is 924. The van der Waals surface area contributed by atoms with Gasteiger partial charge in [-0.25, -0.2) is 4.98 Å². The van der Waals surface area contributed by atoms with Crippen LogP contribution in [0.1, 0.15) is 31.7 Å². The molecule has 5 nitrogen and oxygen atoms in total. The number of fused-ring (bicyclic) bond motifs is 3. The van der Waals surface area contributed by atoms with Crippen LogP contribution < -0.4 is 0 Å². The topological polar surface area (TPSA) is 63.3 Å². The quantitative estimate of drug-likeness (QED) is 0.652. The molecule has 0 aliphatic heterocycles. The van der Waals surface area contributed by atoms with Crippen molar-refractivity contribution in [3.05, 3.63) is 29.6 Å². The molecule has 0 atom stereocenters. The van der Waals surface area contributed by atoms with E-state index in [1.165, 1.54) is 11.8 Å². The van der Waals surface area contributed by atoms with Gasteiger partial charge < -0.3 is 5.11 Å². The lowest BCUT2D eigenvalue weighted by molar-refractivity contribution is -0.145. The van der Waals surface area contributed by atoms with Gasteiger partial charge in [0.15, 0.2) is 5.65 Å². The fourth-order valence-corrected chi connectivity index (χ4v) is 3.53. The van der Waals surface area contributed by atoms with Crippen LogP contribution in [-0.4, -0.2) is 37.0 Å². The molecule has 0 spiro atoms. The van der Waals surface area contributed by atoms with Crippen LogP contribution >= 0.6 is 11.8 Å². The molecule has 26 heavy (non-hydrogen) atoms. The number of aliphatic hydroxyl groups is 1. The number of hydrogen-bond donors (Lipinski definition) is 1. The minimum Gasteiger partial charge on any atom is -0.396 e. The van der Waals surface area contributed by atoms with Crippen LogP contribution in [0.15, 0.2) is 23.2 Å². The van der Waals surface area contributed by atoms with Crippen molar-refractivity contribution in [3.63, 3.8) is 0 Å². The summed E-state index contributed by atoms with van der Waals surface area (Å²) in [5, 5.41) is 16.6. The van der Waals surface area contributed by atoms with Crippen molar-refractivity contribution in [1.29, 1.82) is 0 Å². The Hall–Kier alpha value is -1.87. The standard InChI is InChI=1S/C17H19F3N4OS/c1-10(2)9-26-15-14-22-23-16(17(18,19)20)24(14)13-8-11(4-3-7-25)5-6-12(13)21-15/h5-6,8,10,25H,3-4,7,9H2,1-2H3. The lowest BCUT2D eigenvalue weighted by Gasteiger charge is -2.11. The van der Waals surface area contributed by atoms with E-state index in [9.17, 15) is 13.2 Å². The summed E-state index contributed by atoms with van der Waals surface area (Å²) in [7, 11) is 0. The summed E-state index contributed by atoms with van der Waals surface area (Å²) in [6.07, 6.45) is -3.51. The van der Waals surface area contributed by atoms with Crippen molar-refractivity contribution in [3.8, 4) is 0 Å². The monoisotopic (exact) mass is 384 g/mol. The molecule has 0 unspecified atom stereocenters. The van der Waals surface area contributed by atoms with E-state index >= 15 is 0 Å². The molecule has 2 aromatic heterocycles. The second-order valence-corrected chi connectivity index (χ2v) is 7.46. The number of aryl methyl sites for hydroxylation is 1. The first kappa shape index (κ1) is 18.9. The Labute approximate surface area is 152 Å². The lowest BCUT2D eigenvalue weighted by atomic mass is 10.1. The van der Waals surface area contributed by atoms with Crippen LogP contribution in [0.4, 0.5) is 13.2 Å². The third-order valence-electron chi connectivity index (χ3n) is 3.79. The average molecular weight is 384 g/mol. The Morgan fingerprint density at radius 3 is 2.65 bits per heavy atom. The summed E-state index contributed by atoms with van der Waals surface area (Å²) in [6, 6.07) is 5.20. The molecule has 0 fully saturated rings. The SMILES string of the molecule is CC(C)CSc1nc2ccc(CCCO)cc2n2c(C(F)(F)F)nnc12. The fourth-order valence-electron chi connectivity index (χ4n) is 2.62. The van der Waals surface area contributed by atoms with E-state index in [0.717, 1.165) is 15.7 Å². The molecule has 0 aliphatic rings. The number of halogens is 3. The van der Waals surface area contributed by atoms with Crippen LogP contribution in [0.5, 0.6) is 0 Å². The highest BCUT2D eigenvalue weighted by atomic mass is 32.2. The van der Waals surface area contributed by atoms with Crippen LogP contribution in [-0.2, 0) is 12.6 Å². The summed E-state index contributed by atoms with van der Waals surface area (Å²) in [6.45, 7) is 4.09. The molecule has 1 N–H and O–H groups in total. The first-order valence-corrected chi connectivity index (χ1v) is 9.28.